The predicted octanol–water partition coefficient (Wildman–Crippen LogP) is 1.62. The number of esters is 1. The van der Waals surface area contributed by atoms with E-state index in [1.807, 2.05) is 13.8 Å². The molecule has 5 heteroatoms. The van der Waals surface area contributed by atoms with Gasteiger partial charge in [-0.2, -0.15) is 0 Å². The Labute approximate surface area is 105 Å². The van der Waals surface area contributed by atoms with Crippen molar-refractivity contribution in [2.75, 3.05) is 6.61 Å². The van der Waals surface area contributed by atoms with Gasteiger partial charge in [-0.05, 0) is 23.6 Å². The lowest BCUT2D eigenvalue weighted by atomic mass is 10.1. The summed E-state index contributed by atoms with van der Waals surface area (Å²) in [7, 11) is 0. The van der Waals surface area contributed by atoms with Gasteiger partial charge in [0.2, 0.25) is 0 Å². The molecule has 0 saturated carbocycles. The first-order valence-electron chi connectivity index (χ1n) is 5.59. The molecule has 0 saturated heterocycles. The van der Waals surface area contributed by atoms with Crippen LogP contribution in [-0.4, -0.2) is 28.8 Å². The number of aliphatic carboxylic acids is 1. The molecule has 0 amide bonds. The normalized spacial score (nSPS) is 12.2. The second kappa shape index (κ2) is 6.16. The van der Waals surface area contributed by atoms with E-state index in [4.69, 9.17) is 9.84 Å². The smallest absolute Gasteiger partial charge is 0.338 e. The third-order valence-electron chi connectivity index (χ3n) is 2.22. The number of rotatable bonds is 5. The van der Waals surface area contributed by atoms with Crippen molar-refractivity contribution >= 4 is 11.9 Å². The van der Waals surface area contributed by atoms with Crippen molar-refractivity contribution in [2.24, 2.45) is 5.92 Å². The Morgan fingerprint density at radius 2 is 2.00 bits per heavy atom. The maximum Gasteiger partial charge on any atom is 0.338 e. The van der Waals surface area contributed by atoms with E-state index in [1.54, 1.807) is 0 Å². The average molecular weight is 252 g/mol. The van der Waals surface area contributed by atoms with Gasteiger partial charge in [-0.15, -0.1) is 0 Å². The molecule has 98 valence electrons. The molecule has 0 fully saturated rings. The number of hydrogen-bond donors (Lipinski definition) is 2. The van der Waals surface area contributed by atoms with Crippen LogP contribution in [0.1, 0.15) is 35.9 Å². The molecule has 1 unspecified atom stereocenters. The number of carbonyl (C=O) groups is 2. The third kappa shape index (κ3) is 3.85. The fourth-order valence-corrected chi connectivity index (χ4v) is 1.30. The summed E-state index contributed by atoms with van der Waals surface area (Å²) in [6, 6.07) is 5.79. The lowest BCUT2D eigenvalue weighted by molar-refractivity contribution is -0.146. The summed E-state index contributed by atoms with van der Waals surface area (Å²) in [4.78, 5) is 22.3. The van der Waals surface area contributed by atoms with Crippen molar-refractivity contribution in [1.29, 1.82) is 0 Å². The highest BCUT2D eigenvalue weighted by atomic mass is 16.5. The molecule has 2 N–H and O–H groups in total. The standard InChI is InChI=1S/C13H16O5/c1-8(2)7-18-13(17)10-5-3-4-9(6-10)11(14)12(15)16/h3-6,8,11,14H,7H2,1-2H3,(H,15,16). The number of hydrogen-bond acceptors (Lipinski definition) is 4. The van der Waals surface area contributed by atoms with Gasteiger partial charge < -0.3 is 14.9 Å². The van der Waals surface area contributed by atoms with Gasteiger partial charge in [0, 0.05) is 0 Å². The van der Waals surface area contributed by atoms with Crippen LogP contribution in [0.5, 0.6) is 0 Å². The zero-order chi connectivity index (χ0) is 13.7. The first kappa shape index (κ1) is 14.2. The van der Waals surface area contributed by atoms with Gasteiger partial charge in [0.25, 0.3) is 0 Å². The fraction of sp³-hybridized carbons (Fsp3) is 0.385. The van der Waals surface area contributed by atoms with E-state index in [0.717, 1.165) is 0 Å². The van der Waals surface area contributed by atoms with Crippen molar-refractivity contribution in [2.45, 2.75) is 20.0 Å². The maximum atomic E-state index is 11.6. The van der Waals surface area contributed by atoms with Crippen LogP contribution in [0.25, 0.3) is 0 Å². The first-order chi connectivity index (χ1) is 8.41. The van der Waals surface area contributed by atoms with Crippen LogP contribution in [-0.2, 0) is 9.53 Å². The molecule has 0 aliphatic rings. The number of benzene rings is 1. The van der Waals surface area contributed by atoms with E-state index in [2.05, 4.69) is 0 Å². The number of carboxylic acid groups (broad SMARTS) is 1. The second-order valence-electron chi connectivity index (χ2n) is 4.36. The molecule has 0 aromatic heterocycles. The molecule has 0 heterocycles. The van der Waals surface area contributed by atoms with E-state index in [1.165, 1.54) is 24.3 Å². The number of carboxylic acids is 1. The van der Waals surface area contributed by atoms with Gasteiger partial charge in [0.15, 0.2) is 6.10 Å². The molecule has 1 aromatic rings. The van der Waals surface area contributed by atoms with Gasteiger partial charge >= 0.3 is 11.9 Å². The molecule has 1 aromatic carbocycles. The van der Waals surface area contributed by atoms with E-state index in [9.17, 15) is 14.7 Å². The largest absolute Gasteiger partial charge is 0.479 e. The Balaban J connectivity index is 2.81. The molecule has 0 radical (unpaired) electrons. The fourth-order valence-electron chi connectivity index (χ4n) is 1.30. The minimum atomic E-state index is -1.64. The Morgan fingerprint density at radius 3 is 2.56 bits per heavy atom. The Kier molecular flexibility index (Phi) is 4.85. The minimum absolute atomic E-state index is 0.154. The van der Waals surface area contributed by atoms with Crippen LogP contribution in [0.2, 0.25) is 0 Å². The lowest BCUT2D eigenvalue weighted by Gasteiger charge is -2.09. The van der Waals surface area contributed by atoms with Crippen molar-refractivity contribution in [3.05, 3.63) is 35.4 Å². The summed E-state index contributed by atoms with van der Waals surface area (Å²) in [6.07, 6.45) is -1.64. The van der Waals surface area contributed by atoms with Crippen molar-refractivity contribution in [1.82, 2.24) is 0 Å². The molecule has 0 spiro atoms. The predicted molar refractivity (Wildman–Crippen MR) is 64.2 cm³/mol. The van der Waals surface area contributed by atoms with Crippen LogP contribution < -0.4 is 0 Å². The van der Waals surface area contributed by atoms with Crippen molar-refractivity contribution in [3.63, 3.8) is 0 Å². The average Bonchev–Trinajstić information content (AvgIpc) is 2.34. The molecule has 5 nitrogen and oxygen atoms in total. The Bertz CT molecular complexity index is 439. The summed E-state index contributed by atoms with van der Waals surface area (Å²) >= 11 is 0. The van der Waals surface area contributed by atoms with Crippen LogP contribution in [0, 0.1) is 5.92 Å². The van der Waals surface area contributed by atoms with Crippen molar-refractivity contribution < 1.29 is 24.5 Å². The molecular weight excluding hydrogens is 236 g/mol. The summed E-state index contributed by atoms with van der Waals surface area (Å²) in [5.41, 5.74) is 0.384. The maximum absolute atomic E-state index is 11.6. The SMILES string of the molecule is CC(C)COC(=O)c1cccc(C(O)C(=O)O)c1. The van der Waals surface area contributed by atoms with Crippen LogP contribution in [0.3, 0.4) is 0 Å². The zero-order valence-corrected chi connectivity index (χ0v) is 10.3. The molecule has 18 heavy (non-hydrogen) atoms. The number of aliphatic hydroxyl groups excluding tert-OH is 1. The van der Waals surface area contributed by atoms with Crippen molar-refractivity contribution in [3.8, 4) is 0 Å². The van der Waals surface area contributed by atoms with E-state index < -0.39 is 18.0 Å². The number of ether oxygens (including phenoxy) is 1. The zero-order valence-electron chi connectivity index (χ0n) is 10.3. The molecule has 0 bridgehead atoms. The summed E-state index contributed by atoms with van der Waals surface area (Å²) in [5.74, 6) is -1.66. The quantitative estimate of drug-likeness (QED) is 0.778. The molecule has 0 aliphatic carbocycles. The van der Waals surface area contributed by atoms with Gasteiger partial charge in [0.1, 0.15) is 0 Å². The highest BCUT2D eigenvalue weighted by Crippen LogP contribution is 2.15. The minimum Gasteiger partial charge on any atom is -0.479 e. The van der Waals surface area contributed by atoms with E-state index in [0.29, 0.717) is 6.61 Å². The number of aliphatic hydroxyl groups is 1. The third-order valence-corrected chi connectivity index (χ3v) is 2.22. The molecule has 1 atom stereocenters. The Morgan fingerprint density at radius 1 is 1.33 bits per heavy atom. The topological polar surface area (TPSA) is 83.8 Å². The lowest BCUT2D eigenvalue weighted by Crippen LogP contribution is -2.13. The number of carbonyl (C=O) groups excluding carboxylic acids is 1. The summed E-state index contributed by atoms with van der Waals surface area (Å²) in [6.45, 7) is 4.13. The summed E-state index contributed by atoms with van der Waals surface area (Å²) < 4.78 is 5.02. The molecule has 1 rings (SSSR count). The molecule has 0 aliphatic heterocycles. The summed E-state index contributed by atoms with van der Waals surface area (Å²) in [5, 5.41) is 18.0. The monoisotopic (exact) mass is 252 g/mol. The second-order valence-corrected chi connectivity index (χ2v) is 4.36. The van der Waals surface area contributed by atoms with Crippen LogP contribution in [0.4, 0.5) is 0 Å². The highest BCUT2D eigenvalue weighted by Gasteiger charge is 2.17. The van der Waals surface area contributed by atoms with Gasteiger partial charge in [-0.25, -0.2) is 9.59 Å². The van der Waals surface area contributed by atoms with Crippen LogP contribution >= 0.6 is 0 Å². The highest BCUT2D eigenvalue weighted by molar-refractivity contribution is 5.90. The van der Waals surface area contributed by atoms with Gasteiger partial charge in [-0.1, -0.05) is 26.0 Å². The van der Waals surface area contributed by atoms with E-state index in [-0.39, 0.29) is 17.0 Å². The van der Waals surface area contributed by atoms with Crippen LogP contribution in [0.15, 0.2) is 24.3 Å². The van der Waals surface area contributed by atoms with E-state index >= 15 is 0 Å². The first-order valence-corrected chi connectivity index (χ1v) is 5.59. The Hall–Kier alpha value is -1.88. The molecular formula is C13H16O5. The van der Waals surface area contributed by atoms with Gasteiger partial charge in [0.05, 0.1) is 12.2 Å². The van der Waals surface area contributed by atoms with Gasteiger partial charge in [-0.3, -0.25) is 0 Å².